The van der Waals surface area contributed by atoms with Gasteiger partial charge >= 0.3 is 0 Å². The third-order valence-electron chi connectivity index (χ3n) is 3.12. The summed E-state index contributed by atoms with van der Waals surface area (Å²) < 4.78 is 1.62. The quantitative estimate of drug-likeness (QED) is 0.761. The van der Waals surface area contributed by atoms with Crippen molar-refractivity contribution in [2.24, 2.45) is 7.05 Å². The highest BCUT2D eigenvalue weighted by atomic mass is 16.2. The second kappa shape index (κ2) is 4.69. The van der Waals surface area contributed by atoms with Crippen molar-refractivity contribution in [2.45, 2.75) is 26.2 Å². The van der Waals surface area contributed by atoms with Gasteiger partial charge in [0.2, 0.25) is 0 Å². The molecule has 0 spiro atoms. The van der Waals surface area contributed by atoms with Gasteiger partial charge in [-0.3, -0.25) is 14.3 Å². The lowest BCUT2D eigenvalue weighted by Gasteiger charge is -2.25. The molecule has 92 valence electrons. The molecule has 1 amide bonds. The number of amides is 1. The summed E-state index contributed by atoms with van der Waals surface area (Å²) in [7, 11) is 1.78. The number of Topliss-reactive ketones (excluding diaryl/α,β-unsaturated/α-hetero) is 1. The number of piperidine rings is 1. The number of ketones is 1. The first-order valence-electron chi connectivity index (χ1n) is 5.95. The Hall–Kier alpha value is -1.65. The summed E-state index contributed by atoms with van der Waals surface area (Å²) in [6, 6.07) is 1.83. The molecule has 0 unspecified atom stereocenters. The van der Waals surface area contributed by atoms with Crippen molar-refractivity contribution in [1.29, 1.82) is 0 Å². The molecule has 1 aliphatic heterocycles. The Morgan fingerprint density at radius 2 is 2.06 bits per heavy atom. The van der Waals surface area contributed by atoms with Crippen LogP contribution in [0.15, 0.2) is 6.07 Å². The zero-order valence-corrected chi connectivity index (χ0v) is 10.3. The van der Waals surface area contributed by atoms with Crippen molar-refractivity contribution in [1.82, 2.24) is 14.7 Å². The summed E-state index contributed by atoms with van der Waals surface area (Å²) >= 11 is 0. The highest BCUT2D eigenvalue weighted by Gasteiger charge is 2.24. The molecule has 0 N–H and O–H groups in total. The molecule has 1 aromatic rings. The predicted molar refractivity (Wildman–Crippen MR) is 62.7 cm³/mol. The van der Waals surface area contributed by atoms with Crippen LogP contribution < -0.4 is 0 Å². The zero-order chi connectivity index (χ0) is 12.4. The largest absolute Gasteiger partial charge is 0.336 e. The fourth-order valence-electron chi connectivity index (χ4n) is 2.02. The summed E-state index contributed by atoms with van der Waals surface area (Å²) in [5.41, 5.74) is 1.53. The zero-order valence-electron chi connectivity index (χ0n) is 10.3. The second-order valence-electron chi connectivity index (χ2n) is 4.33. The van der Waals surface area contributed by atoms with Gasteiger partial charge in [-0.2, -0.15) is 5.10 Å². The molecular weight excluding hydrogens is 218 g/mol. The van der Waals surface area contributed by atoms with Crippen LogP contribution in [0.3, 0.4) is 0 Å². The maximum Gasteiger partial charge on any atom is 0.272 e. The topological polar surface area (TPSA) is 55.2 Å². The highest BCUT2D eigenvalue weighted by Crippen LogP contribution is 2.12. The first-order valence-corrected chi connectivity index (χ1v) is 5.95. The molecule has 0 aromatic carbocycles. The second-order valence-corrected chi connectivity index (χ2v) is 4.33. The van der Waals surface area contributed by atoms with E-state index in [2.05, 4.69) is 5.10 Å². The lowest BCUT2D eigenvalue weighted by Crippen LogP contribution is -2.39. The third kappa shape index (κ3) is 2.38. The van der Waals surface area contributed by atoms with Gasteiger partial charge in [0.1, 0.15) is 11.5 Å². The van der Waals surface area contributed by atoms with Crippen molar-refractivity contribution < 1.29 is 9.59 Å². The molecule has 1 fully saturated rings. The van der Waals surface area contributed by atoms with Crippen molar-refractivity contribution in [2.75, 3.05) is 13.1 Å². The number of hydrogen-bond acceptors (Lipinski definition) is 3. The molecule has 2 rings (SSSR count). The first kappa shape index (κ1) is 11.8. The van der Waals surface area contributed by atoms with E-state index < -0.39 is 0 Å². The van der Waals surface area contributed by atoms with E-state index >= 15 is 0 Å². The monoisotopic (exact) mass is 235 g/mol. The number of nitrogens with zero attached hydrogens (tertiary/aromatic N) is 3. The minimum absolute atomic E-state index is 0.0211. The number of carbonyl (C=O) groups excluding carboxylic acids is 2. The van der Waals surface area contributed by atoms with Crippen molar-refractivity contribution in [3.05, 3.63) is 17.5 Å². The minimum Gasteiger partial charge on any atom is -0.336 e. The fraction of sp³-hybridized carbons (Fsp3) is 0.583. The van der Waals surface area contributed by atoms with Gasteiger partial charge in [-0.1, -0.05) is 6.92 Å². The van der Waals surface area contributed by atoms with Gasteiger partial charge in [0.25, 0.3) is 5.91 Å². The average Bonchev–Trinajstić information content (AvgIpc) is 2.71. The number of likely N-dealkylation sites (tertiary alicyclic amines) is 1. The number of rotatable bonds is 2. The summed E-state index contributed by atoms with van der Waals surface area (Å²) in [6.45, 7) is 3.07. The molecule has 0 aliphatic carbocycles. The van der Waals surface area contributed by atoms with E-state index in [0.29, 0.717) is 31.6 Å². The van der Waals surface area contributed by atoms with Gasteiger partial charge in [-0.25, -0.2) is 0 Å². The standard InChI is InChI=1S/C12H17N3O2/c1-3-9-8-11(14(2)13-9)12(17)15-6-4-10(16)5-7-15/h8H,3-7H2,1-2H3. The van der Waals surface area contributed by atoms with Crippen molar-refractivity contribution in [3.63, 3.8) is 0 Å². The van der Waals surface area contributed by atoms with Crippen molar-refractivity contribution in [3.8, 4) is 0 Å². The number of carbonyl (C=O) groups is 2. The van der Waals surface area contributed by atoms with E-state index in [-0.39, 0.29) is 11.7 Å². The highest BCUT2D eigenvalue weighted by molar-refractivity contribution is 5.94. The van der Waals surface area contributed by atoms with Crippen LogP contribution in [0, 0.1) is 0 Å². The summed E-state index contributed by atoms with van der Waals surface area (Å²) in [6.07, 6.45) is 1.77. The normalized spacial score (nSPS) is 16.4. The molecule has 0 radical (unpaired) electrons. The fourth-order valence-corrected chi connectivity index (χ4v) is 2.02. The molecular formula is C12H17N3O2. The minimum atomic E-state index is -0.0211. The Morgan fingerprint density at radius 1 is 1.41 bits per heavy atom. The Bertz CT molecular complexity index is 441. The summed E-state index contributed by atoms with van der Waals surface area (Å²) in [5, 5.41) is 4.26. The number of aryl methyl sites for hydroxylation is 2. The Morgan fingerprint density at radius 3 is 2.59 bits per heavy atom. The van der Waals surface area contributed by atoms with Crippen LogP contribution in [0.25, 0.3) is 0 Å². The summed E-state index contributed by atoms with van der Waals surface area (Å²) in [5.74, 6) is 0.223. The molecule has 0 bridgehead atoms. The van der Waals surface area contributed by atoms with Crippen LogP contribution in [0.4, 0.5) is 0 Å². The van der Waals surface area contributed by atoms with E-state index in [1.807, 2.05) is 13.0 Å². The first-order chi connectivity index (χ1) is 8.11. The molecule has 2 heterocycles. The van der Waals surface area contributed by atoms with Crippen LogP contribution >= 0.6 is 0 Å². The van der Waals surface area contributed by atoms with Crippen LogP contribution in [0.5, 0.6) is 0 Å². The van der Waals surface area contributed by atoms with E-state index in [1.165, 1.54) is 0 Å². The SMILES string of the molecule is CCc1cc(C(=O)N2CCC(=O)CC2)n(C)n1. The smallest absolute Gasteiger partial charge is 0.272 e. The van der Waals surface area contributed by atoms with Gasteiger partial charge in [-0.15, -0.1) is 0 Å². The molecule has 0 saturated carbocycles. The predicted octanol–water partition coefficient (Wildman–Crippen LogP) is 0.788. The number of hydrogen-bond donors (Lipinski definition) is 0. The molecule has 17 heavy (non-hydrogen) atoms. The average molecular weight is 235 g/mol. The Labute approximate surface area is 100 Å². The lowest BCUT2D eigenvalue weighted by molar-refractivity contribution is -0.120. The third-order valence-corrected chi connectivity index (χ3v) is 3.12. The maximum absolute atomic E-state index is 12.2. The van der Waals surface area contributed by atoms with E-state index in [1.54, 1.807) is 16.6 Å². The van der Waals surface area contributed by atoms with E-state index in [4.69, 9.17) is 0 Å². The van der Waals surface area contributed by atoms with Gasteiger partial charge in [0.15, 0.2) is 0 Å². The summed E-state index contributed by atoms with van der Waals surface area (Å²) in [4.78, 5) is 25.1. The van der Waals surface area contributed by atoms with Gasteiger partial charge < -0.3 is 4.90 Å². The van der Waals surface area contributed by atoms with Crippen molar-refractivity contribution >= 4 is 11.7 Å². The van der Waals surface area contributed by atoms with E-state index in [9.17, 15) is 9.59 Å². The van der Waals surface area contributed by atoms with Crippen LogP contribution in [0.1, 0.15) is 35.9 Å². The molecule has 1 aliphatic rings. The molecule has 5 heteroatoms. The van der Waals surface area contributed by atoms with Gasteiger partial charge in [0.05, 0.1) is 5.69 Å². The maximum atomic E-state index is 12.2. The van der Waals surface area contributed by atoms with Gasteiger partial charge in [0, 0.05) is 33.0 Å². The van der Waals surface area contributed by atoms with Crippen LogP contribution in [0.2, 0.25) is 0 Å². The molecule has 5 nitrogen and oxygen atoms in total. The van der Waals surface area contributed by atoms with Gasteiger partial charge in [-0.05, 0) is 12.5 Å². The Balaban J connectivity index is 2.13. The Kier molecular flexibility index (Phi) is 3.26. The molecule has 0 atom stereocenters. The lowest BCUT2D eigenvalue weighted by atomic mass is 10.1. The number of aromatic nitrogens is 2. The van der Waals surface area contributed by atoms with Crippen LogP contribution in [-0.2, 0) is 18.3 Å². The van der Waals surface area contributed by atoms with Crippen LogP contribution in [-0.4, -0.2) is 39.5 Å². The molecule has 1 aromatic heterocycles. The van der Waals surface area contributed by atoms with E-state index in [0.717, 1.165) is 12.1 Å². The molecule has 1 saturated heterocycles.